The number of nitrogens with one attached hydrogen (secondary N) is 1. The minimum atomic E-state index is -1.32. The molecule has 0 amide bonds. The van der Waals surface area contributed by atoms with Crippen LogP contribution >= 0.6 is 0 Å². The molecule has 1 heterocycles. The fourth-order valence-corrected chi connectivity index (χ4v) is 1.39. The van der Waals surface area contributed by atoms with Crippen LogP contribution in [0, 0.1) is 0 Å². The third-order valence-electron chi connectivity index (χ3n) is 2.36. The van der Waals surface area contributed by atoms with Gasteiger partial charge >= 0.3 is 0 Å². The molecule has 1 aliphatic rings. The van der Waals surface area contributed by atoms with Crippen molar-refractivity contribution in [2.45, 2.75) is 30.4 Å². The summed E-state index contributed by atoms with van der Waals surface area (Å²) in [6.45, 7) is -0.0574. The lowest BCUT2D eigenvalue weighted by Crippen LogP contribution is -2.49. The van der Waals surface area contributed by atoms with Crippen LogP contribution in [0.25, 0.3) is 0 Å². The normalized spacial score (nSPS) is 47.3. The van der Waals surface area contributed by atoms with Gasteiger partial charge in [-0.3, -0.25) is 0 Å². The molecule has 78 valence electrons. The van der Waals surface area contributed by atoms with Crippen LogP contribution in [0.2, 0.25) is 0 Å². The number of hydrogen-bond acceptors (Lipinski definition) is 6. The number of aliphatic hydroxyl groups is 4. The minimum absolute atomic E-state index is 0.251. The van der Waals surface area contributed by atoms with E-state index in [1.54, 1.807) is 0 Å². The summed E-state index contributed by atoms with van der Waals surface area (Å²) in [5.74, 6) is 0. The smallest absolute Gasteiger partial charge is 0.109 e. The standard InChI is InChI=1S/C7H16N2O4/c8-3-1-9-4(2-10)6(12)7(13)5(3)11/h3-7,9-13H,1-2,8H2/t3-,4-,5+,6-,7-/m1/s1. The molecule has 6 nitrogen and oxygen atoms in total. The zero-order chi connectivity index (χ0) is 10.0. The van der Waals surface area contributed by atoms with Gasteiger partial charge in [-0.1, -0.05) is 0 Å². The highest BCUT2D eigenvalue weighted by atomic mass is 16.4. The Morgan fingerprint density at radius 1 is 1.15 bits per heavy atom. The lowest BCUT2D eigenvalue weighted by molar-refractivity contribution is -0.0714. The van der Waals surface area contributed by atoms with Crippen LogP contribution < -0.4 is 11.1 Å². The molecule has 7 N–H and O–H groups in total. The van der Waals surface area contributed by atoms with Crippen molar-refractivity contribution in [3.63, 3.8) is 0 Å². The van der Waals surface area contributed by atoms with E-state index >= 15 is 0 Å². The van der Waals surface area contributed by atoms with Gasteiger partial charge in [0.1, 0.15) is 6.10 Å². The summed E-state index contributed by atoms with van der Waals surface area (Å²) in [6, 6.07) is -1.28. The van der Waals surface area contributed by atoms with E-state index in [0.717, 1.165) is 0 Å². The third kappa shape index (κ3) is 2.16. The fourth-order valence-electron chi connectivity index (χ4n) is 1.39. The van der Waals surface area contributed by atoms with Crippen LogP contribution in [-0.2, 0) is 0 Å². The molecule has 13 heavy (non-hydrogen) atoms. The van der Waals surface area contributed by atoms with Crippen LogP contribution in [0.4, 0.5) is 0 Å². The van der Waals surface area contributed by atoms with Crippen LogP contribution in [0.15, 0.2) is 0 Å². The van der Waals surface area contributed by atoms with Crippen molar-refractivity contribution in [2.75, 3.05) is 13.2 Å². The van der Waals surface area contributed by atoms with E-state index in [1.165, 1.54) is 0 Å². The summed E-state index contributed by atoms with van der Waals surface area (Å²) in [6.07, 6.45) is -3.69. The van der Waals surface area contributed by atoms with Gasteiger partial charge in [-0.25, -0.2) is 0 Å². The maximum atomic E-state index is 9.42. The molecule has 0 aromatic heterocycles. The first-order valence-corrected chi connectivity index (χ1v) is 4.22. The summed E-state index contributed by atoms with van der Waals surface area (Å²) in [7, 11) is 0. The number of nitrogens with two attached hydrogens (primary N) is 1. The molecule has 0 radical (unpaired) electrons. The summed E-state index contributed by atoms with van der Waals surface area (Å²) in [5.41, 5.74) is 5.48. The van der Waals surface area contributed by atoms with Crippen molar-refractivity contribution < 1.29 is 20.4 Å². The molecule has 0 aliphatic carbocycles. The quantitative estimate of drug-likeness (QED) is 0.255. The lowest BCUT2D eigenvalue weighted by Gasteiger charge is -2.24. The Labute approximate surface area is 76.0 Å². The zero-order valence-electron chi connectivity index (χ0n) is 7.17. The number of aliphatic hydroxyl groups excluding tert-OH is 4. The van der Waals surface area contributed by atoms with E-state index in [-0.39, 0.29) is 13.2 Å². The first-order valence-electron chi connectivity index (χ1n) is 4.22. The van der Waals surface area contributed by atoms with Gasteiger partial charge in [-0.05, 0) is 0 Å². The van der Waals surface area contributed by atoms with Crippen LogP contribution in [0.1, 0.15) is 0 Å². The molecule has 1 saturated heterocycles. The molecular formula is C7H16N2O4. The Morgan fingerprint density at radius 2 is 1.77 bits per heavy atom. The predicted octanol–water partition coefficient (Wildman–Crippen LogP) is -3.64. The third-order valence-corrected chi connectivity index (χ3v) is 2.36. The molecule has 1 rings (SSSR count). The molecule has 0 aromatic carbocycles. The highest BCUT2D eigenvalue weighted by Gasteiger charge is 2.37. The lowest BCUT2D eigenvalue weighted by atomic mass is 10.0. The number of rotatable bonds is 1. The van der Waals surface area contributed by atoms with Crippen molar-refractivity contribution in [1.82, 2.24) is 5.32 Å². The minimum Gasteiger partial charge on any atom is -0.395 e. The SMILES string of the molecule is N[C@@H]1CN[C@H](CO)[C@@H](O)[C@H](O)[C@H]1O. The average molecular weight is 192 g/mol. The Kier molecular flexibility index (Phi) is 3.60. The monoisotopic (exact) mass is 192 g/mol. The Morgan fingerprint density at radius 3 is 2.31 bits per heavy atom. The molecule has 1 fully saturated rings. The summed E-state index contributed by atoms with van der Waals surface area (Å²) in [5, 5.41) is 39.7. The van der Waals surface area contributed by atoms with E-state index in [2.05, 4.69) is 5.32 Å². The van der Waals surface area contributed by atoms with E-state index in [1.807, 2.05) is 0 Å². The fraction of sp³-hybridized carbons (Fsp3) is 1.00. The maximum Gasteiger partial charge on any atom is 0.109 e. The van der Waals surface area contributed by atoms with Gasteiger partial charge in [-0.2, -0.15) is 0 Å². The predicted molar refractivity (Wildman–Crippen MR) is 44.9 cm³/mol. The van der Waals surface area contributed by atoms with Crippen LogP contribution in [0.5, 0.6) is 0 Å². The van der Waals surface area contributed by atoms with E-state index in [0.29, 0.717) is 0 Å². The second kappa shape index (κ2) is 4.32. The molecule has 0 spiro atoms. The number of hydrogen-bond donors (Lipinski definition) is 6. The summed E-state index contributed by atoms with van der Waals surface area (Å²) < 4.78 is 0. The first kappa shape index (κ1) is 10.8. The van der Waals surface area contributed by atoms with E-state index in [9.17, 15) is 15.3 Å². The summed E-state index contributed by atoms with van der Waals surface area (Å²) in [4.78, 5) is 0. The topological polar surface area (TPSA) is 119 Å². The average Bonchev–Trinajstić information content (AvgIpc) is 2.22. The van der Waals surface area contributed by atoms with Crippen LogP contribution in [0.3, 0.4) is 0 Å². The molecular weight excluding hydrogens is 176 g/mol. The van der Waals surface area contributed by atoms with Gasteiger partial charge < -0.3 is 31.5 Å². The highest BCUT2D eigenvalue weighted by molar-refractivity contribution is 4.94. The Balaban J connectivity index is 2.69. The molecule has 0 aromatic rings. The molecule has 0 saturated carbocycles. The van der Waals surface area contributed by atoms with Crippen molar-refractivity contribution in [1.29, 1.82) is 0 Å². The van der Waals surface area contributed by atoms with Gasteiger partial charge in [0.05, 0.1) is 24.9 Å². The highest BCUT2D eigenvalue weighted by Crippen LogP contribution is 2.10. The van der Waals surface area contributed by atoms with E-state index in [4.69, 9.17) is 10.8 Å². The zero-order valence-corrected chi connectivity index (χ0v) is 7.17. The molecule has 1 aliphatic heterocycles. The first-order chi connectivity index (χ1) is 6.07. The van der Waals surface area contributed by atoms with Gasteiger partial charge in [-0.15, -0.1) is 0 Å². The van der Waals surface area contributed by atoms with Crippen molar-refractivity contribution in [2.24, 2.45) is 5.73 Å². The second-order valence-corrected chi connectivity index (χ2v) is 3.33. The molecule has 0 unspecified atom stereocenters. The molecule has 5 atom stereocenters. The largest absolute Gasteiger partial charge is 0.395 e. The molecule has 0 bridgehead atoms. The van der Waals surface area contributed by atoms with Gasteiger partial charge in [0.25, 0.3) is 0 Å². The maximum absolute atomic E-state index is 9.42. The van der Waals surface area contributed by atoms with Crippen molar-refractivity contribution in [3.05, 3.63) is 0 Å². The van der Waals surface area contributed by atoms with Crippen molar-refractivity contribution in [3.8, 4) is 0 Å². The van der Waals surface area contributed by atoms with Crippen LogP contribution in [-0.4, -0.2) is 64.0 Å². The van der Waals surface area contributed by atoms with E-state index < -0.39 is 30.4 Å². The Bertz CT molecular complexity index is 167. The summed E-state index contributed by atoms with van der Waals surface area (Å²) >= 11 is 0. The van der Waals surface area contributed by atoms with Gasteiger partial charge in [0, 0.05) is 12.6 Å². The van der Waals surface area contributed by atoms with Gasteiger partial charge in [0.15, 0.2) is 0 Å². The molecule has 6 heteroatoms. The second-order valence-electron chi connectivity index (χ2n) is 3.33. The van der Waals surface area contributed by atoms with Crippen molar-refractivity contribution >= 4 is 0 Å². The van der Waals surface area contributed by atoms with Gasteiger partial charge in [0.2, 0.25) is 0 Å². The Hall–Kier alpha value is -0.240.